The van der Waals surface area contributed by atoms with Gasteiger partial charge in [0.05, 0.1) is 13.2 Å². The van der Waals surface area contributed by atoms with Gasteiger partial charge in [0, 0.05) is 13.6 Å². The van der Waals surface area contributed by atoms with Gasteiger partial charge in [0.15, 0.2) is 23.0 Å². The van der Waals surface area contributed by atoms with Crippen LogP contribution in [0.5, 0.6) is 23.0 Å². The highest BCUT2D eigenvalue weighted by atomic mass is 16.6. The molecule has 0 fully saturated rings. The number of fused-ring (bicyclic) bond motifs is 2. The fraction of sp³-hybridized carbons (Fsp3) is 0.536. The van der Waals surface area contributed by atoms with Crippen LogP contribution >= 0.6 is 0 Å². The second-order valence-corrected chi connectivity index (χ2v) is 8.63. The largest absolute Gasteiger partial charge is 0.487 e. The molecule has 1 amide bonds. The molecule has 36 heavy (non-hydrogen) atoms. The minimum Gasteiger partial charge on any atom is -0.487 e. The molecule has 0 aliphatic carbocycles. The number of benzene rings is 2. The van der Waals surface area contributed by atoms with Crippen LogP contribution in [0.2, 0.25) is 0 Å². The number of carbonyl (C=O) groups is 1. The summed E-state index contributed by atoms with van der Waals surface area (Å²) in [5, 5.41) is 0. The van der Waals surface area contributed by atoms with Gasteiger partial charge in [0.25, 0.3) is 0 Å². The van der Waals surface area contributed by atoms with Crippen molar-refractivity contribution < 1.29 is 33.2 Å². The SMILES string of the molecule is CCCCCCN(C)C(=O)COC1COc2ccccc2OCCOCCOc2ccccc2OC1. The summed E-state index contributed by atoms with van der Waals surface area (Å²) in [5.74, 6) is 2.38. The number of likely N-dealkylation sites (N-methyl/N-ethyl adjacent to an activating group) is 1. The van der Waals surface area contributed by atoms with Gasteiger partial charge >= 0.3 is 0 Å². The number of para-hydroxylation sites is 4. The maximum absolute atomic E-state index is 12.6. The van der Waals surface area contributed by atoms with Crippen molar-refractivity contribution in [2.75, 3.05) is 59.8 Å². The number of rotatable bonds is 8. The van der Waals surface area contributed by atoms with Crippen LogP contribution in [-0.2, 0) is 14.3 Å². The lowest BCUT2D eigenvalue weighted by molar-refractivity contribution is -0.138. The molecule has 0 bridgehead atoms. The smallest absolute Gasteiger partial charge is 0.248 e. The fourth-order valence-corrected chi connectivity index (χ4v) is 3.61. The molecule has 1 aliphatic rings. The normalized spacial score (nSPS) is 15.3. The highest BCUT2D eigenvalue weighted by Crippen LogP contribution is 2.28. The van der Waals surface area contributed by atoms with Gasteiger partial charge in [0.1, 0.15) is 39.1 Å². The molecule has 8 nitrogen and oxygen atoms in total. The zero-order valence-electron chi connectivity index (χ0n) is 21.5. The molecule has 0 saturated carbocycles. The number of nitrogens with zero attached hydrogens (tertiary/aromatic N) is 1. The van der Waals surface area contributed by atoms with Gasteiger partial charge in [-0.3, -0.25) is 4.79 Å². The molecule has 2 aromatic carbocycles. The first-order valence-electron chi connectivity index (χ1n) is 12.8. The van der Waals surface area contributed by atoms with Gasteiger partial charge in [-0.2, -0.15) is 0 Å². The van der Waals surface area contributed by atoms with Gasteiger partial charge in [0.2, 0.25) is 5.91 Å². The quantitative estimate of drug-likeness (QED) is 0.498. The predicted molar refractivity (Wildman–Crippen MR) is 137 cm³/mol. The number of unbranched alkanes of at least 4 members (excludes halogenated alkanes) is 3. The summed E-state index contributed by atoms with van der Waals surface area (Å²) in [6.45, 7) is 4.85. The zero-order valence-corrected chi connectivity index (χ0v) is 21.5. The predicted octanol–water partition coefficient (Wildman–Crippen LogP) is 4.36. The van der Waals surface area contributed by atoms with Crippen LogP contribution in [0.15, 0.2) is 48.5 Å². The maximum Gasteiger partial charge on any atom is 0.248 e. The van der Waals surface area contributed by atoms with Crippen molar-refractivity contribution in [3.05, 3.63) is 48.5 Å². The van der Waals surface area contributed by atoms with Crippen LogP contribution in [0.3, 0.4) is 0 Å². The lowest BCUT2D eigenvalue weighted by Gasteiger charge is -2.23. The molecule has 198 valence electrons. The first-order chi connectivity index (χ1) is 17.7. The van der Waals surface area contributed by atoms with E-state index in [9.17, 15) is 4.79 Å². The molecule has 0 N–H and O–H groups in total. The number of ether oxygens (including phenoxy) is 6. The van der Waals surface area contributed by atoms with Crippen molar-refractivity contribution >= 4 is 5.91 Å². The molecule has 2 aromatic rings. The summed E-state index contributed by atoms with van der Waals surface area (Å²) in [7, 11) is 1.81. The van der Waals surface area contributed by atoms with Crippen molar-refractivity contribution in [3.63, 3.8) is 0 Å². The molecule has 0 radical (unpaired) electrons. The van der Waals surface area contributed by atoms with Crippen LogP contribution in [-0.4, -0.2) is 76.8 Å². The third-order valence-corrected chi connectivity index (χ3v) is 5.73. The van der Waals surface area contributed by atoms with E-state index in [1.54, 1.807) is 4.90 Å². The van der Waals surface area contributed by atoms with Gasteiger partial charge in [-0.1, -0.05) is 50.5 Å². The molecule has 0 unspecified atom stereocenters. The van der Waals surface area contributed by atoms with Crippen LogP contribution in [0.25, 0.3) is 0 Å². The second-order valence-electron chi connectivity index (χ2n) is 8.63. The Bertz CT molecular complexity index is 851. The lowest BCUT2D eigenvalue weighted by Crippen LogP contribution is -2.36. The Balaban J connectivity index is 1.65. The van der Waals surface area contributed by atoms with Gasteiger partial charge < -0.3 is 33.3 Å². The average molecular weight is 502 g/mol. The Labute approximate surface area is 214 Å². The van der Waals surface area contributed by atoms with E-state index in [2.05, 4.69) is 6.92 Å². The summed E-state index contributed by atoms with van der Waals surface area (Å²) >= 11 is 0. The Hall–Kier alpha value is -2.97. The zero-order chi connectivity index (χ0) is 25.4. The van der Waals surface area contributed by atoms with E-state index in [1.807, 2.05) is 55.6 Å². The third-order valence-electron chi connectivity index (χ3n) is 5.73. The molecule has 0 spiro atoms. The van der Waals surface area contributed by atoms with E-state index in [4.69, 9.17) is 28.4 Å². The number of hydrogen-bond donors (Lipinski definition) is 0. The minimum atomic E-state index is -0.486. The first-order valence-corrected chi connectivity index (χ1v) is 12.8. The van der Waals surface area contributed by atoms with E-state index < -0.39 is 6.10 Å². The van der Waals surface area contributed by atoms with E-state index in [0.29, 0.717) is 49.4 Å². The van der Waals surface area contributed by atoms with E-state index in [-0.39, 0.29) is 25.7 Å². The summed E-state index contributed by atoms with van der Waals surface area (Å²) in [4.78, 5) is 14.4. The Kier molecular flexibility index (Phi) is 12.2. The Morgan fingerprint density at radius 1 is 0.806 bits per heavy atom. The second kappa shape index (κ2) is 15.9. The van der Waals surface area contributed by atoms with Gasteiger partial charge in [-0.05, 0) is 30.7 Å². The number of hydrogen-bond acceptors (Lipinski definition) is 7. The van der Waals surface area contributed by atoms with Crippen molar-refractivity contribution in [2.45, 2.75) is 38.7 Å². The molecule has 8 heteroatoms. The summed E-state index contributed by atoms with van der Waals surface area (Å²) in [6, 6.07) is 14.9. The van der Waals surface area contributed by atoms with E-state index in [1.165, 1.54) is 12.8 Å². The van der Waals surface area contributed by atoms with Crippen molar-refractivity contribution in [3.8, 4) is 23.0 Å². The van der Waals surface area contributed by atoms with E-state index >= 15 is 0 Å². The van der Waals surface area contributed by atoms with Crippen molar-refractivity contribution in [2.24, 2.45) is 0 Å². The average Bonchev–Trinajstić information content (AvgIpc) is 2.90. The molecule has 0 atom stereocenters. The lowest BCUT2D eigenvalue weighted by atomic mass is 10.2. The topological polar surface area (TPSA) is 75.7 Å². The highest BCUT2D eigenvalue weighted by Gasteiger charge is 2.18. The Morgan fingerprint density at radius 2 is 1.33 bits per heavy atom. The molecule has 0 saturated heterocycles. The van der Waals surface area contributed by atoms with Gasteiger partial charge in [-0.15, -0.1) is 0 Å². The summed E-state index contributed by atoms with van der Waals surface area (Å²) in [5.41, 5.74) is 0. The molecule has 0 aromatic heterocycles. The Morgan fingerprint density at radius 3 is 1.86 bits per heavy atom. The van der Waals surface area contributed by atoms with Gasteiger partial charge in [-0.25, -0.2) is 0 Å². The van der Waals surface area contributed by atoms with Crippen LogP contribution in [0.4, 0.5) is 0 Å². The van der Waals surface area contributed by atoms with Crippen molar-refractivity contribution in [1.82, 2.24) is 4.90 Å². The standard InChI is InChI=1S/C28H39NO7/c1-3-4-5-10-15-29(2)28(30)22-34-23-20-35-26-13-8-6-11-24(26)32-18-16-31-17-19-33-25-12-7-9-14-27(25)36-21-23/h6-9,11-14,23H,3-5,10,15-22H2,1-2H3. The number of carbonyl (C=O) groups excluding carboxylic acids is 1. The summed E-state index contributed by atoms with van der Waals surface area (Å²) in [6.07, 6.45) is 3.97. The fourth-order valence-electron chi connectivity index (χ4n) is 3.61. The molecule has 3 rings (SSSR count). The third kappa shape index (κ3) is 9.59. The number of amides is 1. The molecule has 1 heterocycles. The van der Waals surface area contributed by atoms with Crippen LogP contribution in [0.1, 0.15) is 32.6 Å². The van der Waals surface area contributed by atoms with E-state index in [0.717, 1.165) is 19.4 Å². The van der Waals surface area contributed by atoms with Crippen LogP contribution in [0, 0.1) is 0 Å². The first kappa shape index (κ1) is 27.6. The molecule has 1 aliphatic heterocycles. The molecular formula is C28H39NO7. The highest BCUT2D eigenvalue weighted by molar-refractivity contribution is 5.77. The minimum absolute atomic E-state index is 0.0463. The monoisotopic (exact) mass is 501 g/mol. The molecular weight excluding hydrogens is 462 g/mol. The van der Waals surface area contributed by atoms with Crippen LogP contribution < -0.4 is 18.9 Å². The summed E-state index contributed by atoms with van der Waals surface area (Å²) < 4.78 is 35.4. The maximum atomic E-state index is 12.6. The van der Waals surface area contributed by atoms with Crippen molar-refractivity contribution in [1.29, 1.82) is 0 Å².